The molecule has 1 N–H and O–H groups in total. The summed E-state index contributed by atoms with van der Waals surface area (Å²) < 4.78 is 0. The first kappa shape index (κ1) is 42.9. The van der Waals surface area contributed by atoms with E-state index in [4.69, 9.17) is 24.7 Å². The molecule has 8 heteroatoms. The van der Waals surface area contributed by atoms with Crippen LogP contribution in [0.1, 0.15) is 74.6 Å². The topological polar surface area (TPSA) is 100 Å². The third-order valence-electron chi connectivity index (χ3n) is 13.9. The number of benzene rings is 3. The van der Waals surface area contributed by atoms with Crippen LogP contribution in [0.4, 0.5) is 0 Å². The van der Waals surface area contributed by atoms with E-state index in [1.54, 1.807) is 0 Å². The molecule has 5 aliphatic rings. The largest absolute Gasteiger partial charge is 3.00 e. The molecular weight excluding hydrogens is 876 g/mol. The molecule has 1 saturated heterocycles. The molecule has 2 saturated carbocycles. The molecule has 11 rings (SSSR count). The summed E-state index contributed by atoms with van der Waals surface area (Å²) in [6, 6.07) is 27.9. The maximum atomic E-state index is 13.0. The van der Waals surface area contributed by atoms with Gasteiger partial charge in [0.1, 0.15) is 0 Å². The molecule has 0 spiro atoms. The number of hydrogen-bond donors (Lipinski definition) is 1. The van der Waals surface area contributed by atoms with Crippen LogP contribution < -0.4 is 15.3 Å². The van der Waals surface area contributed by atoms with Gasteiger partial charge in [-0.1, -0.05) is 102 Å². The Morgan fingerprint density at radius 2 is 1.05 bits per heavy atom. The van der Waals surface area contributed by atoms with Crippen molar-refractivity contribution in [1.29, 1.82) is 0 Å². The van der Waals surface area contributed by atoms with Crippen LogP contribution in [0.15, 0.2) is 78.9 Å². The van der Waals surface area contributed by atoms with Gasteiger partial charge in [0.2, 0.25) is 5.91 Å². The number of carbonyl (C=O) groups is 1. The molecule has 5 unspecified atom stereocenters. The van der Waals surface area contributed by atoms with Crippen molar-refractivity contribution in [3.63, 3.8) is 0 Å². The van der Waals surface area contributed by atoms with Crippen LogP contribution in [0, 0.1) is 83.0 Å². The van der Waals surface area contributed by atoms with Gasteiger partial charge in [0.05, 0.1) is 22.8 Å². The monoisotopic (exact) mass is 924 g/mol. The van der Waals surface area contributed by atoms with Crippen molar-refractivity contribution in [2.75, 3.05) is 6.54 Å². The quantitative estimate of drug-likeness (QED) is 0.0820. The number of fused-ring (bicyclic) bond motifs is 13. The van der Waals surface area contributed by atoms with Gasteiger partial charge < -0.3 is 20.1 Å². The molecule has 1 radical (unpaired) electrons. The summed E-state index contributed by atoms with van der Waals surface area (Å²) >= 11 is 0. The summed E-state index contributed by atoms with van der Waals surface area (Å²) in [5.74, 6) is 9.04. The Labute approximate surface area is 387 Å². The van der Waals surface area contributed by atoms with Gasteiger partial charge in [-0.05, 0) is 152 Å². The molecule has 3 aromatic heterocycles. The number of carbonyl (C=O) groups excluding carboxylic acids is 2. The Morgan fingerprint density at radius 3 is 1.61 bits per heavy atom. The smallest absolute Gasteiger partial charge is 0.657 e. The molecule has 3 aliphatic heterocycles. The Kier molecular flexibility index (Phi) is 11.3. The van der Waals surface area contributed by atoms with Gasteiger partial charge in [-0.3, -0.25) is 11.6 Å². The first-order chi connectivity index (χ1) is 30.6. The summed E-state index contributed by atoms with van der Waals surface area (Å²) in [6.07, 6.45) is 10.7. The van der Waals surface area contributed by atoms with E-state index >= 15 is 0 Å². The molecular formula is C56H48N5O2Ru. The molecule has 6 aromatic rings. The van der Waals surface area contributed by atoms with Gasteiger partial charge in [0.25, 0.3) is 0 Å². The zero-order chi connectivity index (χ0) is 43.7. The molecule has 3 aromatic carbocycles. The molecule has 5 atom stereocenters. The number of amides is 1. The van der Waals surface area contributed by atoms with E-state index < -0.39 is 0 Å². The van der Waals surface area contributed by atoms with Crippen LogP contribution >= 0.6 is 0 Å². The maximum absolute atomic E-state index is 13.0. The van der Waals surface area contributed by atoms with Gasteiger partial charge in [0.15, 0.2) is 0 Å². The zero-order valence-corrected chi connectivity index (χ0v) is 38.6. The van der Waals surface area contributed by atoms with Crippen LogP contribution in [-0.2, 0) is 29.1 Å². The van der Waals surface area contributed by atoms with Crippen molar-refractivity contribution in [2.45, 2.75) is 54.4 Å². The molecule has 2 aliphatic carbocycles. The van der Waals surface area contributed by atoms with Crippen LogP contribution in [0.2, 0.25) is 0 Å². The number of nitrogens with zero attached hydrogens (tertiary/aromatic N) is 4. The van der Waals surface area contributed by atoms with E-state index in [1.807, 2.05) is 6.07 Å². The van der Waals surface area contributed by atoms with E-state index in [0.717, 1.165) is 103 Å². The van der Waals surface area contributed by atoms with E-state index in [9.17, 15) is 4.79 Å². The Bertz CT molecular complexity index is 3100. The van der Waals surface area contributed by atoms with Crippen LogP contribution in [0.25, 0.3) is 79.8 Å². The van der Waals surface area contributed by atoms with E-state index in [0.29, 0.717) is 11.8 Å². The van der Waals surface area contributed by atoms with E-state index in [1.165, 1.54) is 33.4 Å². The second-order valence-electron chi connectivity index (χ2n) is 17.9. The Morgan fingerprint density at radius 1 is 0.578 bits per heavy atom. The summed E-state index contributed by atoms with van der Waals surface area (Å²) in [5, 5.41) is 3.15. The van der Waals surface area contributed by atoms with Crippen molar-refractivity contribution in [1.82, 2.24) is 25.3 Å². The minimum atomic E-state index is 0. The normalized spacial score (nSPS) is 19.9. The van der Waals surface area contributed by atoms with Gasteiger partial charge in [0, 0.05) is 23.9 Å². The minimum absolute atomic E-state index is 0. The summed E-state index contributed by atoms with van der Waals surface area (Å²) in [6.45, 7) is 17.0. The molecule has 6 heterocycles. The molecule has 10 bridgehead atoms. The first-order valence-corrected chi connectivity index (χ1v) is 21.9. The third kappa shape index (κ3) is 7.11. The zero-order valence-electron chi connectivity index (χ0n) is 36.9. The average Bonchev–Trinajstić information content (AvgIpc) is 4.13. The first-order valence-electron chi connectivity index (χ1n) is 21.9. The van der Waals surface area contributed by atoms with Crippen molar-refractivity contribution in [3.05, 3.63) is 141 Å². The molecule has 64 heavy (non-hydrogen) atoms. The van der Waals surface area contributed by atoms with Crippen molar-refractivity contribution in [2.24, 2.45) is 29.6 Å². The number of aryl methyl sites for hydroxylation is 6. The second-order valence-corrected chi connectivity index (χ2v) is 17.9. The predicted molar refractivity (Wildman–Crippen MR) is 255 cm³/mol. The van der Waals surface area contributed by atoms with Crippen molar-refractivity contribution < 1.29 is 29.1 Å². The molecule has 7 nitrogen and oxygen atoms in total. The number of nitrogens with one attached hydrogen (secondary N) is 1. The summed E-state index contributed by atoms with van der Waals surface area (Å²) in [4.78, 5) is 42.6. The minimum Gasteiger partial charge on any atom is -0.657 e. The fourth-order valence-electron chi connectivity index (χ4n) is 11.7. The second kappa shape index (κ2) is 16.9. The Balaban J connectivity index is 0.00000171. The summed E-state index contributed by atoms with van der Waals surface area (Å²) in [5.41, 5.74) is 20.8. The standard InChI is InChI=1S/C55H48N5O.CHO.Ru/c1-29-24-31(3)49(32(4)25-29)53-45-18-16-41(57-45)39(15-13-36-37-12-14-38(36)52-40(37)28-56-55(52)61)42-17-19-46(58-42)54(50-33(5)26-30(2)27-34(50)6)48-23-21-44(60-48)51(35-10-8-7-9-11-35)43-20-22-47(53)59-43;1-2;/h7-11,16-27,36-38,40,52H,12,14,28H2,1-6H3,(H2-,56,57,58,59,60,61);1H;/q2*-1;+3/p-1. The maximum Gasteiger partial charge on any atom is 3.00 e. The van der Waals surface area contributed by atoms with Crippen molar-refractivity contribution in [3.8, 4) is 45.2 Å². The van der Waals surface area contributed by atoms with Crippen LogP contribution in [-0.4, -0.2) is 29.2 Å². The molecule has 317 valence electrons. The molecule has 3 fully saturated rings. The molecule has 1 amide bonds. The fraction of sp³-hybridized carbons (Fsp3) is 0.250. The third-order valence-corrected chi connectivity index (χ3v) is 13.9. The van der Waals surface area contributed by atoms with Gasteiger partial charge in [-0.25, -0.2) is 9.97 Å². The van der Waals surface area contributed by atoms with Gasteiger partial charge in [-0.2, -0.15) is 0 Å². The van der Waals surface area contributed by atoms with Crippen molar-refractivity contribution >= 4 is 59.1 Å². The number of aromatic nitrogens is 4. The van der Waals surface area contributed by atoms with E-state index in [-0.39, 0.29) is 43.1 Å². The van der Waals surface area contributed by atoms with Crippen LogP contribution in [0.3, 0.4) is 0 Å². The number of hydrogen-bond acceptors (Lipinski definition) is 4. The average molecular weight is 924 g/mol. The predicted octanol–water partition coefficient (Wildman–Crippen LogP) is 10.9. The van der Waals surface area contributed by atoms with Gasteiger partial charge in [-0.15, -0.1) is 22.1 Å². The Hall–Kier alpha value is -6.42. The van der Waals surface area contributed by atoms with Gasteiger partial charge >= 0.3 is 19.5 Å². The van der Waals surface area contributed by atoms with Crippen LogP contribution in [0.5, 0.6) is 0 Å². The van der Waals surface area contributed by atoms with E-state index in [2.05, 4.69) is 163 Å². The number of rotatable bonds is 3. The summed E-state index contributed by atoms with van der Waals surface area (Å²) in [7, 11) is 0. The SMILES string of the molecule is Cc1cc(C)c(-c2c3nc(c(-c4ccccc4)c4ccc([n-]4)c(-c4c(C)cc(C)cc4C)c4nc(c(C#CC5C6CCC5C5C(=O)NCC65)c5ccc2[n-]5)C=C4)C=C3)c(C)c1.[CH-]=O.[Ru+3]. The fourth-order valence-corrected chi connectivity index (χ4v) is 11.7.